The molecular weight excluding hydrogens is 219 g/mol. The van der Waals surface area contributed by atoms with Crippen molar-refractivity contribution in [1.29, 1.82) is 5.26 Å². The lowest BCUT2D eigenvalue weighted by atomic mass is 10.3. The molecule has 1 aromatic rings. The van der Waals surface area contributed by atoms with E-state index in [-0.39, 0.29) is 5.69 Å². The zero-order valence-corrected chi connectivity index (χ0v) is 8.75. The third kappa shape index (κ3) is 2.92. The van der Waals surface area contributed by atoms with Gasteiger partial charge in [-0.1, -0.05) is 6.07 Å². The Morgan fingerprint density at radius 3 is 2.73 bits per heavy atom. The predicted molar refractivity (Wildman–Crippen MR) is 54.0 cm³/mol. The van der Waals surface area contributed by atoms with Crippen molar-refractivity contribution in [3.63, 3.8) is 0 Å². The van der Waals surface area contributed by atoms with Crippen LogP contribution >= 0.6 is 0 Å². The molecule has 0 heterocycles. The highest BCUT2D eigenvalue weighted by Gasteiger charge is 2.19. The number of anilines is 1. The number of nitrogens with zero attached hydrogens (tertiary/aromatic N) is 1. The van der Waals surface area contributed by atoms with Gasteiger partial charge in [-0.25, -0.2) is 12.8 Å². The average Bonchev–Trinajstić information content (AvgIpc) is 2.15. The molecule has 0 aromatic heterocycles. The molecule has 0 amide bonds. The number of hydrogen-bond acceptors (Lipinski definition) is 3. The SMILES string of the molecule is CC(C#N)S(=O)(=O)Nc1cccc(F)c1. The monoisotopic (exact) mass is 228 g/mol. The molecule has 0 aliphatic heterocycles. The highest BCUT2D eigenvalue weighted by molar-refractivity contribution is 7.93. The Morgan fingerprint density at radius 1 is 1.53 bits per heavy atom. The molecule has 0 radical (unpaired) electrons. The fraction of sp³-hybridized carbons (Fsp3) is 0.222. The molecule has 0 aliphatic carbocycles. The van der Waals surface area contributed by atoms with Crippen molar-refractivity contribution in [2.45, 2.75) is 12.2 Å². The number of benzene rings is 1. The largest absolute Gasteiger partial charge is 0.282 e. The lowest BCUT2D eigenvalue weighted by Crippen LogP contribution is -2.23. The summed E-state index contributed by atoms with van der Waals surface area (Å²) in [6.45, 7) is 1.25. The minimum atomic E-state index is -3.76. The van der Waals surface area contributed by atoms with Gasteiger partial charge >= 0.3 is 0 Å². The summed E-state index contributed by atoms with van der Waals surface area (Å²) in [5.74, 6) is -0.542. The van der Waals surface area contributed by atoms with Crippen LogP contribution in [0, 0.1) is 17.1 Å². The van der Waals surface area contributed by atoms with Crippen molar-refractivity contribution in [3.05, 3.63) is 30.1 Å². The van der Waals surface area contributed by atoms with Crippen molar-refractivity contribution in [1.82, 2.24) is 0 Å². The molecule has 1 atom stereocenters. The second-order valence-corrected chi connectivity index (χ2v) is 4.93. The molecule has 6 heteroatoms. The first kappa shape index (κ1) is 11.5. The van der Waals surface area contributed by atoms with Gasteiger partial charge in [0, 0.05) is 0 Å². The third-order valence-corrected chi connectivity index (χ3v) is 3.29. The van der Waals surface area contributed by atoms with E-state index in [9.17, 15) is 12.8 Å². The van der Waals surface area contributed by atoms with Gasteiger partial charge in [0.15, 0.2) is 5.25 Å². The van der Waals surface area contributed by atoms with Crippen LogP contribution in [0.15, 0.2) is 24.3 Å². The van der Waals surface area contributed by atoms with Crippen LogP contribution < -0.4 is 4.72 Å². The van der Waals surface area contributed by atoms with E-state index in [1.807, 2.05) is 0 Å². The maximum atomic E-state index is 12.7. The van der Waals surface area contributed by atoms with E-state index < -0.39 is 21.1 Å². The molecule has 15 heavy (non-hydrogen) atoms. The van der Waals surface area contributed by atoms with E-state index >= 15 is 0 Å². The standard InChI is InChI=1S/C9H9FN2O2S/c1-7(6-11)15(13,14)12-9-4-2-3-8(10)5-9/h2-5,7,12H,1H3. The van der Waals surface area contributed by atoms with E-state index in [4.69, 9.17) is 5.26 Å². The quantitative estimate of drug-likeness (QED) is 0.851. The Morgan fingerprint density at radius 2 is 2.20 bits per heavy atom. The van der Waals surface area contributed by atoms with Crippen LogP contribution in [0.2, 0.25) is 0 Å². The van der Waals surface area contributed by atoms with Crippen LogP contribution in [0.5, 0.6) is 0 Å². The highest BCUT2D eigenvalue weighted by Crippen LogP contribution is 2.12. The van der Waals surface area contributed by atoms with Crippen molar-refractivity contribution in [2.75, 3.05) is 4.72 Å². The summed E-state index contributed by atoms with van der Waals surface area (Å²) in [5.41, 5.74) is 0.108. The molecule has 1 aromatic carbocycles. The maximum Gasteiger partial charge on any atom is 0.248 e. The summed E-state index contributed by atoms with van der Waals surface area (Å²) in [6, 6.07) is 6.63. The normalized spacial score (nSPS) is 12.9. The minimum absolute atomic E-state index is 0.108. The Kier molecular flexibility index (Phi) is 3.27. The van der Waals surface area contributed by atoms with Crippen molar-refractivity contribution in [3.8, 4) is 6.07 Å². The number of hydrogen-bond donors (Lipinski definition) is 1. The maximum absolute atomic E-state index is 12.7. The average molecular weight is 228 g/mol. The van der Waals surface area contributed by atoms with Crippen LogP contribution in [0.3, 0.4) is 0 Å². The Bertz CT molecular complexity index is 493. The lowest BCUT2D eigenvalue weighted by molar-refractivity contribution is 0.597. The second-order valence-electron chi connectivity index (χ2n) is 2.93. The Balaban J connectivity index is 2.93. The molecule has 1 N–H and O–H groups in total. The summed E-state index contributed by atoms with van der Waals surface area (Å²) in [6.07, 6.45) is 0. The Hall–Kier alpha value is -1.61. The van der Waals surface area contributed by atoms with Crippen molar-refractivity contribution in [2.24, 2.45) is 0 Å². The molecule has 0 fully saturated rings. The number of rotatable bonds is 3. The first-order valence-electron chi connectivity index (χ1n) is 4.12. The van der Waals surface area contributed by atoms with E-state index in [1.165, 1.54) is 25.1 Å². The third-order valence-electron chi connectivity index (χ3n) is 1.73. The van der Waals surface area contributed by atoms with Gasteiger partial charge < -0.3 is 0 Å². The first-order valence-corrected chi connectivity index (χ1v) is 5.67. The van der Waals surface area contributed by atoms with Gasteiger partial charge in [-0.3, -0.25) is 4.72 Å². The molecule has 80 valence electrons. The number of halogens is 1. The van der Waals surface area contributed by atoms with Gasteiger partial charge in [-0.15, -0.1) is 0 Å². The van der Waals surface area contributed by atoms with Crippen LogP contribution in [-0.2, 0) is 10.0 Å². The van der Waals surface area contributed by atoms with Crippen LogP contribution in [0.1, 0.15) is 6.92 Å². The molecular formula is C9H9FN2O2S. The smallest absolute Gasteiger partial charge is 0.248 e. The summed E-state index contributed by atoms with van der Waals surface area (Å²) in [4.78, 5) is 0. The first-order chi connectivity index (χ1) is 6.95. The van der Waals surface area contributed by atoms with Crippen molar-refractivity contribution < 1.29 is 12.8 Å². The fourth-order valence-corrected chi connectivity index (χ4v) is 1.65. The summed E-state index contributed by atoms with van der Waals surface area (Å²) < 4.78 is 37.6. The highest BCUT2D eigenvalue weighted by atomic mass is 32.2. The lowest BCUT2D eigenvalue weighted by Gasteiger charge is -2.08. The molecule has 0 saturated carbocycles. The molecule has 4 nitrogen and oxygen atoms in total. The van der Waals surface area contributed by atoms with Crippen LogP contribution in [-0.4, -0.2) is 13.7 Å². The predicted octanol–water partition coefficient (Wildman–Crippen LogP) is 1.48. The van der Waals surface area contributed by atoms with Gasteiger partial charge in [0.05, 0.1) is 11.8 Å². The number of sulfonamides is 1. The van der Waals surface area contributed by atoms with E-state index in [2.05, 4.69) is 4.72 Å². The summed E-state index contributed by atoms with van der Waals surface area (Å²) >= 11 is 0. The van der Waals surface area contributed by atoms with Crippen LogP contribution in [0.4, 0.5) is 10.1 Å². The second kappa shape index (κ2) is 4.28. The van der Waals surface area contributed by atoms with Gasteiger partial charge in [-0.2, -0.15) is 5.26 Å². The van der Waals surface area contributed by atoms with E-state index in [0.717, 1.165) is 6.07 Å². The molecule has 0 saturated heterocycles. The van der Waals surface area contributed by atoms with Gasteiger partial charge in [-0.05, 0) is 25.1 Å². The molecule has 0 aliphatic rings. The van der Waals surface area contributed by atoms with E-state index in [0.29, 0.717) is 0 Å². The van der Waals surface area contributed by atoms with Gasteiger partial charge in [0.2, 0.25) is 10.0 Å². The van der Waals surface area contributed by atoms with Crippen LogP contribution in [0.25, 0.3) is 0 Å². The summed E-state index contributed by atoms with van der Waals surface area (Å²) in [5, 5.41) is 7.28. The van der Waals surface area contributed by atoms with Gasteiger partial charge in [0.1, 0.15) is 5.82 Å². The molecule has 1 rings (SSSR count). The zero-order valence-electron chi connectivity index (χ0n) is 7.94. The van der Waals surface area contributed by atoms with Gasteiger partial charge in [0.25, 0.3) is 0 Å². The minimum Gasteiger partial charge on any atom is -0.282 e. The van der Waals surface area contributed by atoms with E-state index in [1.54, 1.807) is 6.07 Å². The fourth-order valence-electron chi connectivity index (χ4n) is 0.874. The Labute approximate surface area is 87.4 Å². The number of nitrogens with one attached hydrogen (secondary N) is 1. The molecule has 1 unspecified atom stereocenters. The molecule has 0 bridgehead atoms. The number of nitriles is 1. The zero-order chi connectivity index (χ0) is 11.5. The molecule has 0 spiro atoms. The van der Waals surface area contributed by atoms with Crippen molar-refractivity contribution >= 4 is 15.7 Å². The topological polar surface area (TPSA) is 70.0 Å². The summed E-state index contributed by atoms with van der Waals surface area (Å²) in [7, 11) is -3.76.